The number of imidazole rings is 1. The van der Waals surface area contributed by atoms with Crippen LogP contribution >= 0.6 is 0 Å². The number of nitrogens with zero attached hydrogens (tertiary/aromatic N) is 4. The fourth-order valence-corrected chi connectivity index (χ4v) is 1.11. The molecule has 0 radical (unpaired) electrons. The van der Waals surface area contributed by atoms with E-state index in [0.717, 1.165) is 0 Å². The molecule has 2 heterocycles. The predicted octanol–water partition coefficient (Wildman–Crippen LogP) is 0.0781. The van der Waals surface area contributed by atoms with E-state index in [1.165, 1.54) is 18.7 Å². The molecule has 0 unspecified atom stereocenters. The summed E-state index contributed by atoms with van der Waals surface area (Å²) in [6.07, 6.45) is 6.45. The molecule has 6 heteroatoms. The Balaban J connectivity index is 2.63. The van der Waals surface area contributed by atoms with Crippen molar-refractivity contribution >= 4 is 29.5 Å². The summed E-state index contributed by atoms with van der Waals surface area (Å²) in [7, 11) is 0. The van der Waals surface area contributed by atoms with Crippen LogP contribution in [0.1, 0.15) is 0 Å². The number of allylic oxidation sites excluding steroid dienone is 1. The lowest BCUT2D eigenvalue weighted by molar-refractivity contribution is -0.104. The van der Waals surface area contributed by atoms with Crippen molar-refractivity contribution in [3.05, 3.63) is 18.7 Å². The summed E-state index contributed by atoms with van der Waals surface area (Å²) in [6, 6.07) is 0. The van der Waals surface area contributed by atoms with Crippen LogP contribution in [-0.2, 0) is 4.79 Å². The number of carbonyl (C=O) groups excluding carboxylic acids is 1. The zero-order chi connectivity index (χ0) is 9.97. The van der Waals surface area contributed by atoms with Gasteiger partial charge in [-0.05, 0) is 6.08 Å². The minimum atomic E-state index is 0.327. The van der Waals surface area contributed by atoms with E-state index >= 15 is 0 Å². The van der Waals surface area contributed by atoms with Gasteiger partial charge in [0.2, 0.25) is 0 Å². The molecule has 0 saturated heterocycles. The lowest BCUT2D eigenvalue weighted by Crippen LogP contribution is -1.94. The first-order valence-electron chi connectivity index (χ1n) is 3.88. The molecule has 0 amide bonds. The average molecular weight is 189 g/mol. The van der Waals surface area contributed by atoms with Gasteiger partial charge in [0.25, 0.3) is 0 Å². The topological polar surface area (TPSA) is 86.7 Å². The van der Waals surface area contributed by atoms with Crippen LogP contribution in [0.15, 0.2) is 18.7 Å². The number of nitrogens with two attached hydrogens (primary N) is 1. The van der Waals surface area contributed by atoms with E-state index in [4.69, 9.17) is 5.73 Å². The Morgan fingerprint density at radius 1 is 1.36 bits per heavy atom. The van der Waals surface area contributed by atoms with E-state index in [1.54, 1.807) is 10.8 Å². The summed E-state index contributed by atoms with van der Waals surface area (Å²) in [5.41, 5.74) is 6.69. The molecule has 14 heavy (non-hydrogen) atoms. The number of nitrogen functional groups attached to an aromatic ring is 1. The molecule has 0 aromatic carbocycles. The van der Waals surface area contributed by atoms with Crippen LogP contribution in [0.4, 0.5) is 5.82 Å². The Hall–Kier alpha value is -2.24. The maximum Gasteiger partial charge on any atom is 0.169 e. The highest BCUT2D eigenvalue weighted by Crippen LogP contribution is 2.13. The molecule has 6 nitrogen and oxygen atoms in total. The highest BCUT2D eigenvalue weighted by Gasteiger charge is 2.04. The molecule has 0 aliphatic heterocycles. The van der Waals surface area contributed by atoms with Gasteiger partial charge < -0.3 is 5.73 Å². The van der Waals surface area contributed by atoms with E-state index in [1.807, 2.05) is 0 Å². The predicted molar refractivity (Wildman–Crippen MR) is 51.1 cm³/mol. The van der Waals surface area contributed by atoms with Gasteiger partial charge in [0.1, 0.15) is 18.9 Å². The zero-order valence-corrected chi connectivity index (χ0v) is 7.16. The maximum atomic E-state index is 10.1. The minimum Gasteiger partial charge on any atom is -0.382 e. The van der Waals surface area contributed by atoms with Crippen molar-refractivity contribution in [1.29, 1.82) is 0 Å². The van der Waals surface area contributed by atoms with E-state index < -0.39 is 0 Å². The molecule has 0 saturated carbocycles. The molecular weight excluding hydrogens is 182 g/mol. The molecule has 0 aliphatic rings. The first-order valence-corrected chi connectivity index (χ1v) is 3.88. The summed E-state index contributed by atoms with van der Waals surface area (Å²) in [5.74, 6) is 0.327. The van der Waals surface area contributed by atoms with Gasteiger partial charge in [-0.3, -0.25) is 9.36 Å². The number of anilines is 1. The van der Waals surface area contributed by atoms with Crippen molar-refractivity contribution in [3.63, 3.8) is 0 Å². The summed E-state index contributed by atoms with van der Waals surface area (Å²) < 4.78 is 1.60. The first-order chi connectivity index (χ1) is 6.83. The van der Waals surface area contributed by atoms with E-state index in [-0.39, 0.29) is 0 Å². The van der Waals surface area contributed by atoms with Crippen molar-refractivity contribution in [2.24, 2.45) is 0 Å². The number of fused-ring (bicyclic) bond motifs is 1. The number of rotatable bonds is 2. The SMILES string of the molecule is Nc1ncnc2c1ncn2C=CC=O. The van der Waals surface area contributed by atoms with Gasteiger partial charge >= 0.3 is 0 Å². The van der Waals surface area contributed by atoms with Gasteiger partial charge in [0.05, 0.1) is 0 Å². The largest absolute Gasteiger partial charge is 0.382 e. The fourth-order valence-electron chi connectivity index (χ4n) is 1.11. The van der Waals surface area contributed by atoms with Crippen molar-refractivity contribution in [1.82, 2.24) is 19.5 Å². The van der Waals surface area contributed by atoms with Gasteiger partial charge in [0.15, 0.2) is 17.0 Å². The highest BCUT2D eigenvalue weighted by molar-refractivity contribution is 5.83. The lowest BCUT2D eigenvalue weighted by atomic mass is 10.5. The standard InChI is InChI=1S/C8H7N5O/c9-7-6-8(11-4-10-7)13(5-12-6)2-1-3-14/h1-5H,(H2,9,10,11). The smallest absolute Gasteiger partial charge is 0.169 e. The molecule has 2 rings (SSSR count). The lowest BCUT2D eigenvalue weighted by Gasteiger charge is -1.94. The Kier molecular flexibility index (Phi) is 1.94. The van der Waals surface area contributed by atoms with Crippen LogP contribution in [-0.4, -0.2) is 25.8 Å². The molecule has 2 aromatic rings. The second-order valence-electron chi connectivity index (χ2n) is 2.56. The second-order valence-corrected chi connectivity index (χ2v) is 2.56. The molecule has 0 atom stereocenters. The van der Waals surface area contributed by atoms with Crippen LogP contribution in [0.5, 0.6) is 0 Å². The van der Waals surface area contributed by atoms with Crippen molar-refractivity contribution in [2.75, 3.05) is 5.73 Å². The van der Waals surface area contributed by atoms with Gasteiger partial charge in [-0.2, -0.15) is 0 Å². The highest BCUT2D eigenvalue weighted by atomic mass is 16.1. The van der Waals surface area contributed by atoms with Crippen molar-refractivity contribution in [2.45, 2.75) is 0 Å². The van der Waals surface area contributed by atoms with Gasteiger partial charge in [-0.1, -0.05) is 0 Å². The maximum absolute atomic E-state index is 10.1. The van der Waals surface area contributed by atoms with Crippen LogP contribution in [0, 0.1) is 0 Å². The number of aromatic nitrogens is 4. The summed E-state index contributed by atoms with van der Waals surface area (Å²) >= 11 is 0. The first kappa shape index (κ1) is 8.36. The quantitative estimate of drug-likeness (QED) is 0.534. The molecule has 2 N–H and O–H groups in total. The minimum absolute atomic E-state index is 0.327. The number of carbonyl (C=O) groups is 1. The van der Waals surface area contributed by atoms with Crippen LogP contribution in [0.25, 0.3) is 17.4 Å². The zero-order valence-electron chi connectivity index (χ0n) is 7.16. The number of aldehydes is 1. The third-order valence-electron chi connectivity index (χ3n) is 1.71. The summed E-state index contributed by atoms with van der Waals surface area (Å²) in [4.78, 5) is 21.9. The normalized spacial score (nSPS) is 11.1. The van der Waals surface area contributed by atoms with Crippen LogP contribution < -0.4 is 5.73 Å². The molecular formula is C8H7N5O. The van der Waals surface area contributed by atoms with E-state index in [9.17, 15) is 4.79 Å². The van der Waals surface area contributed by atoms with Gasteiger partial charge in [-0.15, -0.1) is 0 Å². The summed E-state index contributed by atoms with van der Waals surface area (Å²) in [5, 5.41) is 0. The van der Waals surface area contributed by atoms with Crippen LogP contribution in [0.2, 0.25) is 0 Å². The Labute approximate surface area is 79.1 Å². The molecule has 0 spiro atoms. The van der Waals surface area contributed by atoms with Crippen LogP contribution in [0.3, 0.4) is 0 Å². The third kappa shape index (κ3) is 1.22. The Morgan fingerprint density at radius 2 is 2.21 bits per heavy atom. The number of hydrogen-bond donors (Lipinski definition) is 1. The molecule has 70 valence electrons. The molecule has 0 fully saturated rings. The second kappa shape index (κ2) is 3.25. The van der Waals surface area contributed by atoms with Gasteiger partial charge in [0, 0.05) is 6.20 Å². The van der Waals surface area contributed by atoms with Crippen molar-refractivity contribution in [3.8, 4) is 0 Å². The van der Waals surface area contributed by atoms with Crippen molar-refractivity contribution < 1.29 is 4.79 Å². The molecule has 0 bridgehead atoms. The number of hydrogen-bond acceptors (Lipinski definition) is 5. The molecule has 2 aromatic heterocycles. The third-order valence-corrected chi connectivity index (χ3v) is 1.71. The monoisotopic (exact) mass is 189 g/mol. The Bertz CT molecular complexity index is 501. The Morgan fingerprint density at radius 3 is 3.00 bits per heavy atom. The van der Waals surface area contributed by atoms with E-state index in [2.05, 4.69) is 15.0 Å². The van der Waals surface area contributed by atoms with Gasteiger partial charge in [-0.25, -0.2) is 15.0 Å². The molecule has 0 aliphatic carbocycles. The van der Waals surface area contributed by atoms with E-state index in [0.29, 0.717) is 23.3 Å². The fraction of sp³-hybridized carbons (Fsp3) is 0. The summed E-state index contributed by atoms with van der Waals surface area (Å²) in [6.45, 7) is 0. The average Bonchev–Trinajstić information content (AvgIpc) is 2.60.